The summed E-state index contributed by atoms with van der Waals surface area (Å²) in [6.45, 7) is 6.67. The van der Waals surface area contributed by atoms with Gasteiger partial charge in [-0.05, 0) is 103 Å². The lowest BCUT2D eigenvalue weighted by Crippen LogP contribution is -2.47. The SMILES string of the molecule is [2H]c1cc(C(=O)NS(=O)(=O)c2ccc(NC([2H])([2H])C3CCOCC3)c([N+](=O)[O-])c2)c(Oc2cnc3[nH]ccc3c2)cc1N1CCN(CC2=C(c3ccc(Cl)cc3)CC(C)(C)CC2)CC1. The Hall–Kier alpha value is -5.48. The number of H-pyrrole nitrogens is 1. The van der Waals surface area contributed by atoms with Gasteiger partial charge in [-0.1, -0.05) is 43.2 Å². The van der Waals surface area contributed by atoms with E-state index in [1.807, 2.05) is 16.9 Å². The number of aromatic nitrogens is 2. The van der Waals surface area contributed by atoms with Crippen molar-refractivity contribution in [1.82, 2.24) is 19.6 Å². The highest BCUT2D eigenvalue weighted by Gasteiger charge is 2.31. The molecule has 61 heavy (non-hydrogen) atoms. The largest absolute Gasteiger partial charge is 0.455 e. The molecule has 0 unspecified atom stereocenters. The van der Waals surface area contributed by atoms with Gasteiger partial charge in [-0.25, -0.2) is 18.1 Å². The molecule has 0 atom stereocenters. The van der Waals surface area contributed by atoms with Gasteiger partial charge in [0.15, 0.2) is 0 Å². The van der Waals surface area contributed by atoms with Gasteiger partial charge in [-0.15, -0.1) is 0 Å². The maximum atomic E-state index is 14.0. The maximum absolute atomic E-state index is 14.0. The van der Waals surface area contributed by atoms with Gasteiger partial charge in [0, 0.05) is 89.6 Å². The quantitative estimate of drug-likeness (QED) is 0.0764. The Balaban J connectivity index is 1.03. The number of ether oxygens (including phenoxy) is 2. The Morgan fingerprint density at radius 2 is 1.87 bits per heavy atom. The average Bonchev–Trinajstić information content (AvgIpc) is 3.73. The summed E-state index contributed by atoms with van der Waals surface area (Å²) in [6, 6.07) is 17.3. The number of nitrogens with one attached hydrogen (secondary N) is 3. The van der Waals surface area contributed by atoms with E-state index in [-0.39, 0.29) is 34.2 Å². The summed E-state index contributed by atoms with van der Waals surface area (Å²) < 4.78 is 67.3. The van der Waals surface area contributed by atoms with Crippen molar-refractivity contribution >= 4 is 61.2 Å². The van der Waals surface area contributed by atoms with Crippen LogP contribution < -0.4 is 19.7 Å². The van der Waals surface area contributed by atoms with Crippen molar-refractivity contribution in [2.45, 2.75) is 50.8 Å². The fraction of sp³-hybridized carbons (Fsp3) is 0.378. The lowest BCUT2D eigenvalue weighted by molar-refractivity contribution is -0.384. The van der Waals surface area contributed by atoms with Gasteiger partial charge < -0.3 is 24.7 Å². The number of nitro benzene ring substituents is 1. The molecule has 2 aromatic heterocycles. The monoisotopic (exact) mass is 870 g/mol. The second kappa shape index (κ2) is 17.9. The minimum Gasteiger partial charge on any atom is -0.455 e. The number of nitrogens with zero attached hydrogens (tertiary/aromatic N) is 4. The van der Waals surface area contributed by atoms with E-state index in [0.717, 1.165) is 49.4 Å². The zero-order valence-corrected chi connectivity index (χ0v) is 35.6. The molecule has 4 heterocycles. The highest BCUT2D eigenvalue weighted by Crippen LogP contribution is 2.43. The number of anilines is 2. The van der Waals surface area contributed by atoms with Crippen molar-refractivity contribution in [2.24, 2.45) is 11.3 Å². The first kappa shape index (κ1) is 38.4. The number of piperazine rings is 1. The molecular formula is C45H50ClN7O7S. The molecule has 2 aliphatic heterocycles. The van der Waals surface area contributed by atoms with E-state index in [1.165, 1.54) is 29.0 Å². The number of sulfonamides is 1. The third-order valence-electron chi connectivity index (χ3n) is 11.6. The second-order valence-electron chi connectivity index (χ2n) is 16.5. The van der Waals surface area contributed by atoms with E-state index < -0.39 is 43.9 Å². The van der Waals surface area contributed by atoms with Crippen LogP contribution in [0.2, 0.25) is 5.02 Å². The first-order valence-electron chi connectivity index (χ1n) is 21.9. The summed E-state index contributed by atoms with van der Waals surface area (Å²) in [5.74, 6) is -1.39. The van der Waals surface area contributed by atoms with Crippen molar-refractivity contribution in [3.63, 3.8) is 0 Å². The minimum atomic E-state index is -4.75. The molecule has 0 spiro atoms. The van der Waals surface area contributed by atoms with Crippen LogP contribution >= 0.6 is 11.6 Å². The third-order valence-corrected chi connectivity index (χ3v) is 13.2. The van der Waals surface area contributed by atoms with Crippen LogP contribution in [0.1, 0.15) is 66.0 Å². The molecule has 0 bridgehead atoms. The highest BCUT2D eigenvalue weighted by atomic mass is 35.5. The summed E-state index contributed by atoms with van der Waals surface area (Å²) in [5, 5.41) is 16.2. The first-order chi connectivity index (χ1) is 30.4. The predicted molar refractivity (Wildman–Crippen MR) is 237 cm³/mol. The topological polar surface area (TPSA) is 172 Å². The molecule has 1 aliphatic carbocycles. The van der Waals surface area contributed by atoms with Crippen molar-refractivity contribution < 1.29 is 31.7 Å². The highest BCUT2D eigenvalue weighted by molar-refractivity contribution is 7.90. The molecule has 320 valence electrons. The molecule has 2 saturated heterocycles. The molecular weight excluding hydrogens is 818 g/mol. The number of benzene rings is 3. The lowest BCUT2D eigenvalue weighted by Gasteiger charge is -2.39. The van der Waals surface area contributed by atoms with Crippen LogP contribution in [-0.4, -0.2) is 86.6 Å². The van der Waals surface area contributed by atoms with E-state index in [1.54, 1.807) is 24.4 Å². The minimum absolute atomic E-state index is 0.0266. The molecule has 5 aromatic rings. The molecule has 14 nitrogen and oxygen atoms in total. The Kier molecular flexibility index (Phi) is 11.3. The van der Waals surface area contributed by atoms with E-state index in [0.29, 0.717) is 68.6 Å². The number of carbonyl (C=O) groups excluding carboxylic acids is 1. The smallest absolute Gasteiger partial charge is 0.293 e. The molecule has 3 aromatic carbocycles. The fourth-order valence-electron chi connectivity index (χ4n) is 8.08. The van der Waals surface area contributed by atoms with E-state index >= 15 is 0 Å². The summed E-state index contributed by atoms with van der Waals surface area (Å²) >= 11 is 6.23. The van der Waals surface area contributed by atoms with Gasteiger partial charge >= 0.3 is 0 Å². The van der Waals surface area contributed by atoms with Gasteiger partial charge in [0.05, 0.1) is 22.9 Å². The number of rotatable bonds is 13. The molecule has 0 saturated carbocycles. The van der Waals surface area contributed by atoms with E-state index in [2.05, 4.69) is 51.1 Å². The number of amides is 1. The zero-order chi connectivity index (χ0) is 45.4. The van der Waals surface area contributed by atoms with Gasteiger partial charge in [0.2, 0.25) is 0 Å². The molecule has 16 heteroatoms. The standard InChI is InChI=1S/C45H50ClN7O7S/c1-45(2)15-11-33(39(26-45)31-3-5-34(46)6-4-31)29-51-17-19-52(20-18-51)35-7-9-38(42(24-35)60-36-23-32-12-16-47-43(32)49-28-36)44(54)50-61(57,58)37-8-10-40(41(25-37)53(55)56)48-27-30-13-21-59-22-14-30/h3-10,12,16,23-25,28,30,48H,11,13-15,17-22,26-27,29H2,1-2H3,(H,47,49)(H,50,54)/i7D,27D2. The fourth-order valence-corrected chi connectivity index (χ4v) is 9.19. The first-order valence-corrected chi connectivity index (χ1v) is 22.2. The number of pyridine rings is 1. The van der Waals surface area contributed by atoms with Gasteiger partial charge in [-0.3, -0.25) is 19.8 Å². The molecule has 8 rings (SSSR count). The molecule has 3 N–H and O–H groups in total. The van der Waals surface area contributed by atoms with Crippen LogP contribution in [-0.2, 0) is 14.8 Å². The van der Waals surface area contributed by atoms with Crippen molar-refractivity contribution in [2.75, 3.05) is 62.7 Å². The van der Waals surface area contributed by atoms with Crippen LogP contribution in [0, 0.1) is 21.4 Å². The summed E-state index contributed by atoms with van der Waals surface area (Å²) in [7, 11) is -4.75. The van der Waals surface area contributed by atoms with Crippen molar-refractivity contribution in [3.05, 3.63) is 117 Å². The molecule has 1 amide bonds. The normalized spacial score (nSPS) is 18.6. The summed E-state index contributed by atoms with van der Waals surface area (Å²) in [5.41, 5.74) is 4.10. The lowest BCUT2D eigenvalue weighted by atomic mass is 9.72. The number of fused-ring (bicyclic) bond motifs is 1. The predicted octanol–water partition coefficient (Wildman–Crippen LogP) is 8.66. The molecule has 3 aliphatic rings. The maximum Gasteiger partial charge on any atom is 0.293 e. The number of halogens is 1. The summed E-state index contributed by atoms with van der Waals surface area (Å²) in [4.78, 5) is 36.6. The Morgan fingerprint density at radius 1 is 1.10 bits per heavy atom. The number of carbonyl (C=O) groups is 1. The van der Waals surface area contributed by atoms with Gasteiger partial charge in [0.25, 0.3) is 21.6 Å². The zero-order valence-electron chi connectivity index (χ0n) is 37.0. The molecule has 0 radical (unpaired) electrons. The Morgan fingerprint density at radius 3 is 2.62 bits per heavy atom. The van der Waals surface area contributed by atoms with Gasteiger partial charge in [0.1, 0.15) is 22.8 Å². The van der Waals surface area contributed by atoms with Crippen LogP contribution in [0.4, 0.5) is 17.1 Å². The van der Waals surface area contributed by atoms with Crippen LogP contribution in [0.3, 0.4) is 0 Å². The number of hydrogen-bond acceptors (Lipinski definition) is 11. The third kappa shape index (κ3) is 10.0. The second-order valence-corrected chi connectivity index (χ2v) is 18.6. The number of aromatic amines is 1. The van der Waals surface area contributed by atoms with Crippen molar-refractivity contribution in [1.29, 1.82) is 0 Å². The van der Waals surface area contributed by atoms with Crippen LogP contribution in [0.25, 0.3) is 16.6 Å². The number of allylic oxidation sites excluding steroid dienone is 1. The Bertz CT molecular complexity index is 2720. The average molecular weight is 871 g/mol. The van der Waals surface area contributed by atoms with E-state index in [4.69, 9.17) is 25.2 Å². The summed E-state index contributed by atoms with van der Waals surface area (Å²) in [6.07, 6.45) is 7.05. The van der Waals surface area contributed by atoms with Crippen molar-refractivity contribution in [3.8, 4) is 11.5 Å². The Labute approximate surface area is 364 Å². The van der Waals surface area contributed by atoms with Crippen LogP contribution in [0.15, 0.2) is 95.6 Å². The van der Waals surface area contributed by atoms with Gasteiger partial charge in [-0.2, -0.15) is 0 Å². The number of nitro groups is 1. The van der Waals surface area contributed by atoms with E-state index in [9.17, 15) is 23.3 Å². The molecule has 2 fully saturated rings. The van der Waals surface area contributed by atoms with Crippen LogP contribution in [0.5, 0.6) is 11.5 Å². The number of hydrogen-bond donors (Lipinski definition) is 3.